The zero-order valence-electron chi connectivity index (χ0n) is 9.95. The van der Waals surface area contributed by atoms with E-state index < -0.39 is 0 Å². The van der Waals surface area contributed by atoms with Crippen LogP contribution in [0.2, 0.25) is 0 Å². The lowest BCUT2D eigenvalue weighted by Gasteiger charge is -2.25. The van der Waals surface area contributed by atoms with Crippen molar-refractivity contribution in [3.63, 3.8) is 0 Å². The summed E-state index contributed by atoms with van der Waals surface area (Å²) in [5.74, 6) is 0.517. The summed E-state index contributed by atoms with van der Waals surface area (Å²) in [4.78, 5) is 4.43. The minimum atomic E-state index is -0.131. The summed E-state index contributed by atoms with van der Waals surface area (Å²) in [5, 5.41) is 12.5. The predicted octanol–water partition coefficient (Wildman–Crippen LogP) is 0.993. The molecular weight excluding hydrogens is 190 g/mol. The van der Waals surface area contributed by atoms with E-state index in [4.69, 9.17) is 5.73 Å². The minimum absolute atomic E-state index is 0.0399. The van der Waals surface area contributed by atoms with E-state index in [1.807, 2.05) is 0 Å². The number of nitrogens with two attached hydrogens (primary N) is 1. The lowest BCUT2D eigenvalue weighted by molar-refractivity contribution is 0.123. The number of nitrogens with zero attached hydrogens (tertiary/aromatic N) is 1. The third-order valence-corrected chi connectivity index (χ3v) is 2.49. The van der Waals surface area contributed by atoms with Gasteiger partial charge in [-0.25, -0.2) is 0 Å². The van der Waals surface area contributed by atoms with Crippen molar-refractivity contribution in [3.05, 3.63) is 0 Å². The van der Waals surface area contributed by atoms with E-state index in [1.165, 1.54) is 0 Å². The lowest BCUT2D eigenvalue weighted by Crippen LogP contribution is -2.45. The zero-order chi connectivity index (χ0) is 11.5. The molecule has 0 atom stereocenters. The van der Waals surface area contributed by atoms with Crippen molar-refractivity contribution >= 4 is 5.96 Å². The van der Waals surface area contributed by atoms with Gasteiger partial charge in [0.05, 0.1) is 12.1 Å². The van der Waals surface area contributed by atoms with Crippen LogP contribution in [0.3, 0.4) is 0 Å². The number of aliphatic imine (C=N–C) groups is 1. The summed E-state index contributed by atoms with van der Waals surface area (Å²) < 4.78 is 0. The molecule has 0 amide bonds. The van der Waals surface area contributed by atoms with Crippen molar-refractivity contribution in [1.82, 2.24) is 5.32 Å². The quantitative estimate of drug-likeness (QED) is 0.449. The molecule has 0 radical (unpaired) electrons. The summed E-state index contributed by atoms with van der Waals surface area (Å²) in [7, 11) is 0. The topological polar surface area (TPSA) is 70.6 Å². The van der Waals surface area contributed by atoms with Crippen LogP contribution < -0.4 is 11.1 Å². The summed E-state index contributed by atoms with van der Waals surface area (Å²) >= 11 is 0. The molecule has 0 heterocycles. The van der Waals surface area contributed by atoms with Gasteiger partial charge in [-0.1, -0.05) is 0 Å². The summed E-state index contributed by atoms with van der Waals surface area (Å²) in [6.07, 6.45) is 3.43. The summed E-state index contributed by atoms with van der Waals surface area (Å²) in [6, 6.07) is 0.281. The molecule has 0 spiro atoms. The van der Waals surface area contributed by atoms with Gasteiger partial charge in [-0.05, 0) is 46.5 Å². The highest BCUT2D eigenvalue weighted by atomic mass is 16.3. The Balaban J connectivity index is 2.41. The molecule has 0 aromatic rings. The molecule has 0 unspecified atom stereocenters. The normalized spacial score (nSPS) is 28.9. The maximum Gasteiger partial charge on any atom is 0.189 e. The molecule has 0 saturated heterocycles. The SMILES string of the molecule is CC(C)(C)NC(N)=NC1CCC(O)CC1. The highest BCUT2D eigenvalue weighted by Gasteiger charge is 2.19. The number of hydrogen-bond acceptors (Lipinski definition) is 2. The Hall–Kier alpha value is -0.770. The molecule has 0 aliphatic heterocycles. The van der Waals surface area contributed by atoms with E-state index in [2.05, 4.69) is 31.1 Å². The third kappa shape index (κ3) is 5.02. The van der Waals surface area contributed by atoms with Crippen molar-refractivity contribution in [2.45, 2.75) is 64.1 Å². The van der Waals surface area contributed by atoms with Gasteiger partial charge >= 0.3 is 0 Å². The van der Waals surface area contributed by atoms with Crippen LogP contribution in [0.15, 0.2) is 4.99 Å². The van der Waals surface area contributed by atoms with Crippen LogP contribution in [0.1, 0.15) is 46.5 Å². The molecule has 1 fully saturated rings. The van der Waals surface area contributed by atoms with Gasteiger partial charge in [0.25, 0.3) is 0 Å². The van der Waals surface area contributed by atoms with Crippen LogP contribution >= 0.6 is 0 Å². The first kappa shape index (κ1) is 12.3. The Morgan fingerprint density at radius 1 is 1.27 bits per heavy atom. The zero-order valence-corrected chi connectivity index (χ0v) is 9.95. The van der Waals surface area contributed by atoms with Gasteiger partial charge in [-0.15, -0.1) is 0 Å². The molecule has 0 aromatic heterocycles. The second kappa shape index (κ2) is 4.84. The Bertz CT molecular complexity index is 224. The molecule has 1 aliphatic carbocycles. The van der Waals surface area contributed by atoms with Crippen LogP contribution in [0.25, 0.3) is 0 Å². The van der Waals surface area contributed by atoms with Crippen molar-refractivity contribution in [2.24, 2.45) is 10.7 Å². The maximum atomic E-state index is 9.35. The number of hydrogen-bond donors (Lipinski definition) is 3. The van der Waals surface area contributed by atoms with E-state index in [0.717, 1.165) is 25.7 Å². The lowest BCUT2D eigenvalue weighted by atomic mass is 9.94. The van der Waals surface area contributed by atoms with Gasteiger partial charge in [-0.3, -0.25) is 4.99 Å². The van der Waals surface area contributed by atoms with E-state index in [0.29, 0.717) is 5.96 Å². The Labute approximate surface area is 92.0 Å². The Kier molecular flexibility index (Phi) is 3.97. The molecule has 0 aromatic carbocycles. The first-order valence-electron chi connectivity index (χ1n) is 5.66. The molecule has 1 aliphatic rings. The molecule has 88 valence electrons. The molecule has 4 N–H and O–H groups in total. The minimum Gasteiger partial charge on any atom is -0.393 e. The fourth-order valence-electron chi connectivity index (χ4n) is 1.80. The Morgan fingerprint density at radius 2 is 1.80 bits per heavy atom. The number of rotatable bonds is 1. The third-order valence-electron chi connectivity index (χ3n) is 2.49. The second-order valence-corrected chi connectivity index (χ2v) is 5.35. The molecule has 0 bridgehead atoms. The number of nitrogens with one attached hydrogen (secondary N) is 1. The standard InChI is InChI=1S/C11H23N3O/c1-11(2,3)14-10(12)13-8-4-6-9(15)7-5-8/h8-9,15H,4-7H2,1-3H3,(H3,12,13,14). The molecule has 4 nitrogen and oxygen atoms in total. The smallest absolute Gasteiger partial charge is 0.189 e. The molecule has 15 heavy (non-hydrogen) atoms. The van der Waals surface area contributed by atoms with Gasteiger partial charge in [0, 0.05) is 5.54 Å². The Morgan fingerprint density at radius 3 is 2.27 bits per heavy atom. The van der Waals surface area contributed by atoms with Gasteiger partial charge in [0.2, 0.25) is 0 Å². The van der Waals surface area contributed by atoms with E-state index in [9.17, 15) is 5.11 Å². The first-order chi connectivity index (χ1) is 6.87. The van der Waals surface area contributed by atoms with Gasteiger partial charge in [-0.2, -0.15) is 0 Å². The maximum absolute atomic E-state index is 9.35. The van der Waals surface area contributed by atoms with Crippen LogP contribution in [-0.4, -0.2) is 28.8 Å². The molecular formula is C11H23N3O. The van der Waals surface area contributed by atoms with Crippen LogP contribution in [0, 0.1) is 0 Å². The van der Waals surface area contributed by atoms with Crippen molar-refractivity contribution < 1.29 is 5.11 Å². The van der Waals surface area contributed by atoms with E-state index in [1.54, 1.807) is 0 Å². The van der Waals surface area contributed by atoms with E-state index >= 15 is 0 Å². The average Bonchev–Trinajstić information content (AvgIpc) is 2.05. The van der Waals surface area contributed by atoms with Gasteiger partial charge in [0.1, 0.15) is 0 Å². The summed E-state index contributed by atoms with van der Waals surface area (Å²) in [6.45, 7) is 6.17. The monoisotopic (exact) mass is 213 g/mol. The van der Waals surface area contributed by atoms with Crippen molar-refractivity contribution in [2.75, 3.05) is 0 Å². The highest BCUT2D eigenvalue weighted by molar-refractivity contribution is 5.78. The number of aliphatic hydroxyl groups is 1. The first-order valence-corrected chi connectivity index (χ1v) is 5.66. The van der Waals surface area contributed by atoms with Crippen LogP contribution in [0.4, 0.5) is 0 Å². The largest absolute Gasteiger partial charge is 0.393 e. The van der Waals surface area contributed by atoms with Crippen molar-refractivity contribution in [1.29, 1.82) is 0 Å². The van der Waals surface area contributed by atoms with Crippen LogP contribution in [-0.2, 0) is 0 Å². The van der Waals surface area contributed by atoms with Gasteiger partial charge in [0.15, 0.2) is 5.96 Å². The second-order valence-electron chi connectivity index (χ2n) is 5.35. The summed E-state index contributed by atoms with van der Waals surface area (Å²) in [5.41, 5.74) is 5.76. The van der Waals surface area contributed by atoms with Gasteiger partial charge < -0.3 is 16.2 Å². The fourth-order valence-corrected chi connectivity index (χ4v) is 1.80. The highest BCUT2D eigenvalue weighted by Crippen LogP contribution is 2.20. The average molecular weight is 213 g/mol. The number of aliphatic hydroxyl groups excluding tert-OH is 1. The van der Waals surface area contributed by atoms with Crippen molar-refractivity contribution in [3.8, 4) is 0 Å². The predicted molar refractivity (Wildman–Crippen MR) is 62.8 cm³/mol. The molecule has 4 heteroatoms. The van der Waals surface area contributed by atoms with E-state index in [-0.39, 0.29) is 17.7 Å². The molecule has 1 saturated carbocycles. The molecule has 1 rings (SSSR count). The number of guanidine groups is 1. The van der Waals surface area contributed by atoms with Crippen LogP contribution in [0.5, 0.6) is 0 Å². The fraction of sp³-hybridized carbons (Fsp3) is 0.909.